The van der Waals surface area contributed by atoms with Crippen LogP contribution in [0.3, 0.4) is 0 Å². The van der Waals surface area contributed by atoms with Crippen molar-refractivity contribution in [3.8, 4) is 11.3 Å². The number of amides is 1. The molecular weight excluding hydrogens is 285 g/mol. The quantitative estimate of drug-likeness (QED) is 0.911. The first-order valence-corrected chi connectivity index (χ1v) is 7.47. The Balaban J connectivity index is 1.49. The average Bonchev–Trinajstić information content (AvgIpc) is 3.24. The zero-order valence-corrected chi connectivity index (χ0v) is 11.9. The Morgan fingerprint density at radius 3 is 3.00 bits per heavy atom. The van der Waals surface area contributed by atoms with Gasteiger partial charge in [-0.3, -0.25) is 9.78 Å². The Labute approximate surface area is 126 Å². The van der Waals surface area contributed by atoms with Crippen LogP contribution in [0, 0.1) is 5.82 Å². The molecule has 2 saturated heterocycles. The van der Waals surface area contributed by atoms with Gasteiger partial charge in [0.25, 0.3) is 5.91 Å². The SMILES string of the molecule is O=C(N[C@@H]1C[C@H]2CC[C@@H]1N2)c1ccc(-c2cnccc2F)o1. The number of carbonyl (C=O) groups excluding carboxylic acids is 1. The van der Waals surface area contributed by atoms with Crippen molar-refractivity contribution in [2.75, 3.05) is 0 Å². The molecule has 5 nitrogen and oxygen atoms in total. The summed E-state index contributed by atoms with van der Waals surface area (Å²) in [6.45, 7) is 0. The zero-order chi connectivity index (χ0) is 15.1. The van der Waals surface area contributed by atoms with E-state index < -0.39 is 5.82 Å². The largest absolute Gasteiger partial charge is 0.451 e. The van der Waals surface area contributed by atoms with Gasteiger partial charge in [0.2, 0.25) is 0 Å². The predicted molar refractivity (Wildman–Crippen MR) is 77.7 cm³/mol. The van der Waals surface area contributed by atoms with Crippen LogP contribution in [0.15, 0.2) is 35.0 Å². The molecular formula is C16H16FN3O2. The van der Waals surface area contributed by atoms with E-state index in [-0.39, 0.29) is 23.3 Å². The molecule has 2 N–H and O–H groups in total. The predicted octanol–water partition coefficient (Wildman–Crippen LogP) is 2.10. The molecule has 2 aliphatic rings. The molecule has 2 fully saturated rings. The second-order valence-corrected chi connectivity index (χ2v) is 5.88. The molecule has 1 amide bonds. The number of hydrogen-bond acceptors (Lipinski definition) is 4. The molecule has 0 unspecified atom stereocenters. The van der Waals surface area contributed by atoms with E-state index in [1.807, 2.05) is 0 Å². The van der Waals surface area contributed by atoms with E-state index in [9.17, 15) is 9.18 Å². The van der Waals surface area contributed by atoms with E-state index in [1.165, 1.54) is 24.9 Å². The van der Waals surface area contributed by atoms with Crippen LogP contribution in [0.5, 0.6) is 0 Å². The van der Waals surface area contributed by atoms with E-state index >= 15 is 0 Å². The van der Waals surface area contributed by atoms with Crippen LogP contribution < -0.4 is 10.6 Å². The van der Waals surface area contributed by atoms with Crippen molar-refractivity contribution in [1.82, 2.24) is 15.6 Å². The molecule has 4 rings (SSSR count). The van der Waals surface area contributed by atoms with Gasteiger partial charge in [0.05, 0.1) is 5.56 Å². The highest BCUT2D eigenvalue weighted by Crippen LogP contribution is 2.29. The summed E-state index contributed by atoms with van der Waals surface area (Å²) in [7, 11) is 0. The Morgan fingerprint density at radius 2 is 2.27 bits per heavy atom. The Hall–Kier alpha value is -2.21. The number of furan rings is 1. The van der Waals surface area contributed by atoms with Gasteiger partial charge in [-0.05, 0) is 37.5 Å². The molecule has 4 heterocycles. The third-order valence-corrected chi connectivity index (χ3v) is 4.48. The van der Waals surface area contributed by atoms with Crippen molar-refractivity contribution in [1.29, 1.82) is 0 Å². The topological polar surface area (TPSA) is 67.2 Å². The highest BCUT2D eigenvalue weighted by Gasteiger charge is 2.39. The lowest BCUT2D eigenvalue weighted by atomic mass is 9.95. The summed E-state index contributed by atoms with van der Waals surface area (Å²) in [6.07, 6.45) is 6.00. The third-order valence-electron chi connectivity index (χ3n) is 4.48. The maximum absolute atomic E-state index is 13.7. The van der Waals surface area contributed by atoms with Gasteiger partial charge in [-0.15, -0.1) is 0 Å². The zero-order valence-electron chi connectivity index (χ0n) is 11.9. The van der Waals surface area contributed by atoms with Crippen molar-refractivity contribution in [3.05, 3.63) is 42.2 Å². The molecule has 2 aliphatic heterocycles. The molecule has 2 aromatic rings. The first kappa shape index (κ1) is 13.5. The van der Waals surface area contributed by atoms with Gasteiger partial charge in [0.15, 0.2) is 5.76 Å². The summed E-state index contributed by atoms with van der Waals surface area (Å²) in [5.41, 5.74) is 0.253. The Kier molecular flexibility index (Phi) is 3.18. The highest BCUT2D eigenvalue weighted by atomic mass is 19.1. The van der Waals surface area contributed by atoms with E-state index in [4.69, 9.17) is 4.42 Å². The van der Waals surface area contributed by atoms with E-state index in [2.05, 4.69) is 15.6 Å². The van der Waals surface area contributed by atoms with Crippen LogP contribution in [-0.2, 0) is 0 Å². The van der Waals surface area contributed by atoms with Crippen LogP contribution in [0.4, 0.5) is 4.39 Å². The summed E-state index contributed by atoms with van der Waals surface area (Å²) in [6, 6.07) is 5.45. The molecule has 22 heavy (non-hydrogen) atoms. The van der Waals surface area contributed by atoms with Gasteiger partial charge < -0.3 is 15.1 Å². The number of fused-ring (bicyclic) bond motifs is 2. The summed E-state index contributed by atoms with van der Waals surface area (Å²) in [4.78, 5) is 16.1. The molecule has 2 aromatic heterocycles. The minimum Gasteiger partial charge on any atom is -0.451 e. The fraction of sp³-hybridized carbons (Fsp3) is 0.375. The van der Waals surface area contributed by atoms with E-state index in [0.29, 0.717) is 17.8 Å². The lowest BCUT2D eigenvalue weighted by molar-refractivity contribution is 0.0903. The van der Waals surface area contributed by atoms with Crippen LogP contribution in [0.25, 0.3) is 11.3 Å². The minimum atomic E-state index is -0.423. The van der Waals surface area contributed by atoms with Gasteiger partial charge in [0, 0.05) is 30.5 Å². The van der Waals surface area contributed by atoms with Gasteiger partial charge in [-0.1, -0.05) is 0 Å². The highest BCUT2D eigenvalue weighted by molar-refractivity contribution is 5.92. The normalized spacial score (nSPS) is 26.3. The van der Waals surface area contributed by atoms with Crippen molar-refractivity contribution in [3.63, 3.8) is 0 Å². The van der Waals surface area contributed by atoms with E-state index in [1.54, 1.807) is 12.1 Å². The van der Waals surface area contributed by atoms with Crippen molar-refractivity contribution in [2.24, 2.45) is 0 Å². The number of nitrogens with one attached hydrogen (secondary N) is 2. The van der Waals surface area contributed by atoms with E-state index in [0.717, 1.165) is 12.8 Å². The number of nitrogens with zero attached hydrogens (tertiary/aromatic N) is 1. The number of rotatable bonds is 3. The molecule has 114 valence electrons. The fourth-order valence-corrected chi connectivity index (χ4v) is 3.39. The lowest BCUT2D eigenvalue weighted by Crippen LogP contribution is -2.42. The maximum Gasteiger partial charge on any atom is 0.287 e. The molecule has 3 atom stereocenters. The number of pyridine rings is 1. The molecule has 0 spiro atoms. The summed E-state index contributed by atoms with van der Waals surface area (Å²) in [5, 5.41) is 6.47. The Morgan fingerprint density at radius 1 is 1.36 bits per heavy atom. The van der Waals surface area contributed by atoms with Crippen LogP contribution >= 0.6 is 0 Å². The fourth-order valence-electron chi connectivity index (χ4n) is 3.39. The molecule has 0 aliphatic carbocycles. The summed E-state index contributed by atoms with van der Waals surface area (Å²) < 4.78 is 19.2. The van der Waals surface area contributed by atoms with Crippen molar-refractivity contribution >= 4 is 5.91 Å². The summed E-state index contributed by atoms with van der Waals surface area (Å²) >= 11 is 0. The van der Waals surface area contributed by atoms with Crippen LogP contribution in [0.2, 0.25) is 0 Å². The van der Waals surface area contributed by atoms with Crippen molar-refractivity contribution < 1.29 is 13.6 Å². The molecule has 0 aromatic carbocycles. The standard InChI is InChI=1S/C16H16FN3O2/c17-11-5-6-18-8-10(11)14-3-4-15(22-14)16(21)20-13-7-9-1-2-12(13)19-9/h3-6,8-9,12-13,19H,1-2,7H2,(H,20,21)/t9-,12+,13-/m1/s1. The number of carbonyl (C=O) groups is 1. The van der Waals surface area contributed by atoms with Gasteiger partial charge in [-0.2, -0.15) is 0 Å². The first-order chi connectivity index (χ1) is 10.7. The molecule has 0 radical (unpaired) electrons. The van der Waals surface area contributed by atoms with Gasteiger partial charge in [0.1, 0.15) is 11.6 Å². The van der Waals surface area contributed by atoms with Crippen LogP contribution in [-0.4, -0.2) is 29.0 Å². The number of hydrogen-bond donors (Lipinski definition) is 2. The van der Waals surface area contributed by atoms with Gasteiger partial charge in [-0.25, -0.2) is 4.39 Å². The molecule has 6 heteroatoms. The second-order valence-electron chi connectivity index (χ2n) is 5.88. The lowest BCUT2D eigenvalue weighted by Gasteiger charge is -2.20. The third kappa shape index (κ3) is 2.29. The van der Waals surface area contributed by atoms with Crippen molar-refractivity contribution in [2.45, 2.75) is 37.4 Å². The average molecular weight is 301 g/mol. The van der Waals surface area contributed by atoms with Gasteiger partial charge >= 0.3 is 0 Å². The van der Waals surface area contributed by atoms with Crippen LogP contribution in [0.1, 0.15) is 29.8 Å². The Bertz CT molecular complexity index is 715. The molecule has 2 bridgehead atoms. The summed E-state index contributed by atoms with van der Waals surface area (Å²) in [5.74, 6) is -0.175. The smallest absolute Gasteiger partial charge is 0.287 e. The number of aromatic nitrogens is 1. The monoisotopic (exact) mass is 301 g/mol. The first-order valence-electron chi connectivity index (χ1n) is 7.47. The maximum atomic E-state index is 13.7. The molecule has 0 saturated carbocycles. The second kappa shape index (κ2) is 5.21. The minimum absolute atomic E-state index is 0.148. The number of halogens is 1.